The quantitative estimate of drug-likeness (QED) is 0.269. The Morgan fingerprint density at radius 1 is 1.05 bits per heavy atom. The summed E-state index contributed by atoms with van der Waals surface area (Å²) in [5.74, 6) is -1.10. The van der Waals surface area contributed by atoms with E-state index in [0.717, 1.165) is 29.3 Å². The number of anilines is 1. The van der Waals surface area contributed by atoms with Crippen LogP contribution in [-0.2, 0) is 6.18 Å². The Balaban J connectivity index is 1.57. The van der Waals surface area contributed by atoms with E-state index in [2.05, 4.69) is 25.6 Å². The Morgan fingerprint density at radius 2 is 1.76 bits per heavy atom. The number of halogens is 3. The van der Waals surface area contributed by atoms with Crippen LogP contribution in [0, 0.1) is 21.4 Å². The summed E-state index contributed by atoms with van der Waals surface area (Å²) in [5.41, 5.74) is -2.69. The van der Waals surface area contributed by atoms with Crippen LogP contribution >= 0.6 is 0 Å². The minimum atomic E-state index is -5.03. The molecule has 1 N–H and O–H groups in total. The zero-order chi connectivity index (χ0) is 27.0. The predicted molar refractivity (Wildman–Crippen MR) is 125 cm³/mol. The number of nitriles is 1. The number of rotatable bonds is 5. The largest absolute Gasteiger partial charge is 0.434 e. The number of nitro groups is 1. The van der Waals surface area contributed by atoms with Crippen molar-refractivity contribution < 1.29 is 22.9 Å². The lowest BCUT2D eigenvalue weighted by atomic mass is 10.1. The van der Waals surface area contributed by atoms with E-state index in [9.17, 15) is 33.3 Å². The number of nitrogens with zero attached hydrogens (tertiary/aromatic N) is 8. The lowest BCUT2D eigenvalue weighted by Crippen LogP contribution is -2.21. The van der Waals surface area contributed by atoms with E-state index in [0.29, 0.717) is 4.68 Å². The van der Waals surface area contributed by atoms with Gasteiger partial charge in [0.2, 0.25) is 0 Å². The summed E-state index contributed by atoms with van der Waals surface area (Å²) < 4.78 is 43.2. The summed E-state index contributed by atoms with van der Waals surface area (Å²) in [6.07, 6.45) is -0.419. The second-order valence-electron chi connectivity index (χ2n) is 7.70. The minimum absolute atomic E-state index is 0.0388. The molecule has 188 valence electrons. The van der Waals surface area contributed by atoms with Gasteiger partial charge in [0, 0.05) is 11.5 Å². The Labute approximate surface area is 209 Å². The topological polar surface area (TPSA) is 157 Å². The monoisotopic (exact) mass is 519 g/mol. The Bertz CT molecular complexity index is 1760. The summed E-state index contributed by atoms with van der Waals surface area (Å²) >= 11 is 0. The van der Waals surface area contributed by atoms with Gasteiger partial charge in [-0.25, -0.2) is 9.67 Å². The molecule has 0 atom stereocenters. The molecule has 38 heavy (non-hydrogen) atoms. The van der Waals surface area contributed by atoms with Gasteiger partial charge in [0.05, 0.1) is 52.0 Å². The van der Waals surface area contributed by atoms with Gasteiger partial charge in [-0.15, -0.1) is 4.80 Å². The van der Waals surface area contributed by atoms with Crippen LogP contribution in [0.1, 0.15) is 21.6 Å². The summed E-state index contributed by atoms with van der Waals surface area (Å²) in [5, 5.41) is 34.9. The highest BCUT2D eigenvalue weighted by Gasteiger charge is 2.41. The lowest BCUT2D eigenvalue weighted by Gasteiger charge is -2.14. The first kappa shape index (κ1) is 24.1. The SMILES string of the molecule is N#Cc1cc(NC(=O)c2cnn(-c3ccc([N+](=O)[O-])c4ccccc34)c2C(F)(F)F)cnc1-n1nccn1. The lowest BCUT2D eigenvalue weighted by molar-refractivity contribution is -0.383. The summed E-state index contributed by atoms with van der Waals surface area (Å²) in [6, 6.07) is 11.2. The molecule has 0 bridgehead atoms. The van der Waals surface area contributed by atoms with Crippen LogP contribution in [0.5, 0.6) is 0 Å². The molecule has 5 rings (SSSR count). The molecule has 3 aromatic heterocycles. The number of carbonyl (C=O) groups excluding carboxylic acids is 1. The molecule has 0 spiro atoms. The van der Waals surface area contributed by atoms with E-state index in [-0.39, 0.29) is 39.2 Å². The van der Waals surface area contributed by atoms with E-state index >= 15 is 0 Å². The highest BCUT2D eigenvalue weighted by molar-refractivity contribution is 6.05. The van der Waals surface area contributed by atoms with Crippen LogP contribution in [0.4, 0.5) is 24.5 Å². The molecule has 0 saturated carbocycles. The number of hydrogen-bond donors (Lipinski definition) is 1. The Hall–Kier alpha value is -5.65. The van der Waals surface area contributed by atoms with Crippen LogP contribution in [0.2, 0.25) is 0 Å². The molecule has 3 heterocycles. The van der Waals surface area contributed by atoms with Crippen LogP contribution < -0.4 is 5.32 Å². The van der Waals surface area contributed by atoms with Crippen molar-refractivity contribution in [1.29, 1.82) is 5.26 Å². The maximum absolute atomic E-state index is 14.2. The summed E-state index contributed by atoms with van der Waals surface area (Å²) in [4.78, 5) is 28.8. The Kier molecular flexibility index (Phi) is 5.76. The number of fused-ring (bicyclic) bond motifs is 1. The Morgan fingerprint density at radius 3 is 2.42 bits per heavy atom. The molecule has 12 nitrogen and oxygen atoms in total. The number of pyridine rings is 1. The first-order chi connectivity index (χ1) is 18.2. The molecule has 0 radical (unpaired) electrons. The fraction of sp³-hybridized carbons (Fsp3) is 0.0435. The molecule has 0 fully saturated rings. The van der Waals surface area contributed by atoms with Crippen molar-refractivity contribution in [3.05, 3.63) is 94.2 Å². The van der Waals surface area contributed by atoms with E-state index < -0.39 is 28.3 Å². The zero-order valence-corrected chi connectivity index (χ0v) is 18.8. The number of nitro benzene ring substituents is 1. The maximum atomic E-state index is 14.2. The molecule has 2 aromatic carbocycles. The molecule has 1 amide bonds. The fourth-order valence-corrected chi connectivity index (χ4v) is 3.87. The molecular formula is C23H12F3N9O3. The number of hydrogen-bond acceptors (Lipinski definition) is 8. The van der Waals surface area contributed by atoms with Gasteiger partial charge in [-0.3, -0.25) is 14.9 Å². The van der Waals surface area contributed by atoms with E-state index in [4.69, 9.17) is 0 Å². The van der Waals surface area contributed by atoms with Crippen molar-refractivity contribution in [3.63, 3.8) is 0 Å². The molecule has 0 aliphatic heterocycles. The summed E-state index contributed by atoms with van der Waals surface area (Å²) in [6.45, 7) is 0. The molecule has 15 heteroatoms. The van der Waals surface area contributed by atoms with Gasteiger partial charge in [-0.2, -0.15) is 33.7 Å². The van der Waals surface area contributed by atoms with E-state index in [1.165, 1.54) is 42.7 Å². The number of alkyl halides is 3. The molecule has 0 saturated heterocycles. The predicted octanol–water partition coefficient (Wildman–Crippen LogP) is 4.05. The van der Waals surface area contributed by atoms with Crippen molar-refractivity contribution in [1.82, 2.24) is 29.8 Å². The second-order valence-corrected chi connectivity index (χ2v) is 7.70. The van der Waals surface area contributed by atoms with Gasteiger partial charge in [-0.05, 0) is 18.2 Å². The number of amides is 1. The van der Waals surface area contributed by atoms with Gasteiger partial charge >= 0.3 is 6.18 Å². The third kappa shape index (κ3) is 4.15. The van der Waals surface area contributed by atoms with Gasteiger partial charge in [-0.1, -0.05) is 18.2 Å². The number of carbonyl (C=O) groups is 1. The van der Waals surface area contributed by atoms with Crippen molar-refractivity contribution in [2.24, 2.45) is 0 Å². The van der Waals surface area contributed by atoms with Gasteiger partial charge in [0.15, 0.2) is 11.5 Å². The van der Waals surface area contributed by atoms with Crippen LogP contribution in [0.25, 0.3) is 22.3 Å². The highest BCUT2D eigenvalue weighted by Crippen LogP contribution is 2.37. The van der Waals surface area contributed by atoms with E-state index in [1.54, 1.807) is 0 Å². The van der Waals surface area contributed by atoms with Crippen LogP contribution in [0.3, 0.4) is 0 Å². The first-order valence-electron chi connectivity index (χ1n) is 10.6. The number of nitrogens with one attached hydrogen (secondary N) is 1. The smallest absolute Gasteiger partial charge is 0.320 e. The fourth-order valence-electron chi connectivity index (χ4n) is 3.87. The third-order valence-electron chi connectivity index (χ3n) is 5.44. The molecule has 0 unspecified atom stereocenters. The minimum Gasteiger partial charge on any atom is -0.320 e. The number of aromatic nitrogens is 6. The number of benzene rings is 2. The summed E-state index contributed by atoms with van der Waals surface area (Å²) in [7, 11) is 0. The van der Waals surface area contributed by atoms with Crippen molar-refractivity contribution in [3.8, 4) is 17.6 Å². The zero-order valence-electron chi connectivity index (χ0n) is 18.8. The molecular weight excluding hydrogens is 507 g/mol. The third-order valence-corrected chi connectivity index (χ3v) is 5.44. The highest BCUT2D eigenvalue weighted by atomic mass is 19.4. The van der Waals surface area contributed by atoms with E-state index in [1.807, 2.05) is 6.07 Å². The molecule has 0 aliphatic carbocycles. The first-order valence-corrected chi connectivity index (χ1v) is 10.6. The van der Waals surface area contributed by atoms with Crippen LogP contribution in [-0.4, -0.2) is 40.6 Å². The van der Waals surface area contributed by atoms with Gasteiger partial charge in [0.25, 0.3) is 11.6 Å². The van der Waals surface area contributed by atoms with Crippen molar-refractivity contribution in [2.45, 2.75) is 6.18 Å². The standard InChI is InChI=1S/C23H12F3N9O3/c24-23(25,26)20-17(22(36)32-14-9-13(10-27)21(28-11-14)34-29-7-8-30-34)12-31-33(20)18-5-6-19(35(37)38)16-4-2-1-3-15(16)18/h1-9,11-12H,(H,32,36). The average Bonchev–Trinajstić information content (AvgIpc) is 3.58. The van der Waals surface area contributed by atoms with Crippen LogP contribution in [0.15, 0.2) is 67.3 Å². The normalized spacial score (nSPS) is 11.3. The number of non-ortho nitro benzene ring substituents is 1. The van der Waals surface area contributed by atoms with Gasteiger partial charge < -0.3 is 5.32 Å². The van der Waals surface area contributed by atoms with Crippen molar-refractivity contribution >= 4 is 28.1 Å². The average molecular weight is 519 g/mol. The van der Waals surface area contributed by atoms with Gasteiger partial charge in [0.1, 0.15) is 11.6 Å². The molecule has 5 aromatic rings. The van der Waals surface area contributed by atoms with Crippen molar-refractivity contribution in [2.75, 3.05) is 5.32 Å². The molecule has 0 aliphatic rings. The maximum Gasteiger partial charge on any atom is 0.434 e. The second kappa shape index (κ2) is 9.09.